The van der Waals surface area contributed by atoms with Crippen molar-refractivity contribution >= 4 is 11.6 Å². The van der Waals surface area contributed by atoms with Crippen molar-refractivity contribution in [1.29, 1.82) is 0 Å². The summed E-state index contributed by atoms with van der Waals surface area (Å²) in [5.74, 6) is 0.937. The van der Waals surface area contributed by atoms with Gasteiger partial charge in [-0.3, -0.25) is 4.79 Å². The van der Waals surface area contributed by atoms with Crippen molar-refractivity contribution in [3.8, 4) is 0 Å². The summed E-state index contributed by atoms with van der Waals surface area (Å²) >= 11 is 0. The van der Waals surface area contributed by atoms with Gasteiger partial charge in [0, 0.05) is 25.4 Å². The first kappa shape index (κ1) is 13.3. The van der Waals surface area contributed by atoms with Gasteiger partial charge in [0.2, 0.25) is 0 Å². The quantitative estimate of drug-likeness (QED) is 0.769. The van der Waals surface area contributed by atoms with Crippen LogP contribution in [0.25, 0.3) is 0 Å². The van der Waals surface area contributed by atoms with Crippen LogP contribution >= 0.6 is 0 Å². The lowest BCUT2D eigenvalue weighted by atomic mass is 10.1. The third-order valence-electron chi connectivity index (χ3n) is 3.12. The van der Waals surface area contributed by atoms with Crippen molar-refractivity contribution in [1.82, 2.24) is 4.98 Å². The van der Waals surface area contributed by atoms with Gasteiger partial charge in [-0.25, -0.2) is 4.98 Å². The van der Waals surface area contributed by atoms with Gasteiger partial charge in [-0.15, -0.1) is 0 Å². The fourth-order valence-corrected chi connectivity index (χ4v) is 1.88. The molecule has 0 amide bonds. The third-order valence-corrected chi connectivity index (χ3v) is 3.12. The van der Waals surface area contributed by atoms with Crippen LogP contribution in [-0.4, -0.2) is 24.4 Å². The van der Waals surface area contributed by atoms with Gasteiger partial charge in [0.1, 0.15) is 5.82 Å². The molecule has 0 aliphatic rings. The number of anilines is 1. The average molecular weight is 254 g/mol. The number of hydrogen-bond donors (Lipinski definition) is 0. The number of ketones is 1. The van der Waals surface area contributed by atoms with Gasteiger partial charge >= 0.3 is 0 Å². The number of pyridine rings is 1. The zero-order chi connectivity index (χ0) is 13.7. The van der Waals surface area contributed by atoms with Crippen LogP contribution in [0.5, 0.6) is 0 Å². The number of carbonyl (C=O) groups excluding carboxylic acids is 1. The van der Waals surface area contributed by atoms with Crippen LogP contribution in [0, 0.1) is 0 Å². The molecule has 2 rings (SSSR count). The van der Waals surface area contributed by atoms with Gasteiger partial charge in [-0.1, -0.05) is 30.3 Å². The molecular formula is C16H18N2O. The number of nitrogens with zero attached hydrogens (tertiary/aromatic N) is 2. The molecule has 3 heteroatoms. The van der Waals surface area contributed by atoms with Crippen LogP contribution in [0.3, 0.4) is 0 Å². The minimum atomic E-state index is 0.0472. The lowest BCUT2D eigenvalue weighted by Gasteiger charge is -2.18. The summed E-state index contributed by atoms with van der Waals surface area (Å²) in [6.45, 7) is 2.45. The predicted molar refractivity (Wildman–Crippen MR) is 77.7 cm³/mol. The van der Waals surface area contributed by atoms with Crippen molar-refractivity contribution in [3.63, 3.8) is 0 Å². The Labute approximate surface area is 113 Å². The maximum Gasteiger partial charge on any atom is 0.161 e. The van der Waals surface area contributed by atoms with E-state index in [-0.39, 0.29) is 5.78 Å². The van der Waals surface area contributed by atoms with E-state index in [2.05, 4.69) is 34.1 Å². The molecule has 19 heavy (non-hydrogen) atoms. The fraction of sp³-hybridized carbons (Fsp3) is 0.250. The van der Waals surface area contributed by atoms with Crippen molar-refractivity contribution in [3.05, 3.63) is 59.8 Å². The van der Waals surface area contributed by atoms with E-state index in [0.29, 0.717) is 5.56 Å². The maximum atomic E-state index is 11.2. The van der Waals surface area contributed by atoms with E-state index >= 15 is 0 Å². The number of benzene rings is 1. The molecule has 0 saturated carbocycles. The predicted octanol–water partition coefficient (Wildman–Crippen LogP) is 2.96. The van der Waals surface area contributed by atoms with E-state index < -0.39 is 0 Å². The Morgan fingerprint density at radius 3 is 2.47 bits per heavy atom. The highest BCUT2D eigenvalue weighted by Crippen LogP contribution is 2.11. The number of aromatic nitrogens is 1. The molecular weight excluding hydrogens is 236 g/mol. The first-order valence-corrected chi connectivity index (χ1v) is 6.39. The highest BCUT2D eigenvalue weighted by molar-refractivity contribution is 5.93. The normalized spacial score (nSPS) is 10.2. The minimum absolute atomic E-state index is 0.0472. The van der Waals surface area contributed by atoms with Gasteiger partial charge in [-0.2, -0.15) is 0 Å². The molecule has 0 spiro atoms. The second-order valence-corrected chi connectivity index (χ2v) is 4.62. The van der Waals surface area contributed by atoms with Crippen LogP contribution in [-0.2, 0) is 6.42 Å². The van der Waals surface area contributed by atoms with Crippen molar-refractivity contribution in [2.75, 3.05) is 18.5 Å². The number of rotatable bonds is 5. The van der Waals surface area contributed by atoms with Gasteiger partial charge in [0.15, 0.2) is 5.78 Å². The molecule has 1 heterocycles. The van der Waals surface area contributed by atoms with Crippen LogP contribution in [0.15, 0.2) is 48.7 Å². The molecule has 0 aliphatic carbocycles. The van der Waals surface area contributed by atoms with E-state index in [9.17, 15) is 4.79 Å². The van der Waals surface area contributed by atoms with Gasteiger partial charge in [0.25, 0.3) is 0 Å². The van der Waals surface area contributed by atoms with Crippen LogP contribution in [0.2, 0.25) is 0 Å². The second kappa shape index (κ2) is 6.14. The Kier molecular flexibility index (Phi) is 4.29. The summed E-state index contributed by atoms with van der Waals surface area (Å²) in [6, 6.07) is 14.1. The molecule has 0 atom stereocenters. The first-order valence-electron chi connectivity index (χ1n) is 6.39. The topological polar surface area (TPSA) is 33.2 Å². The van der Waals surface area contributed by atoms with Crippen molar-refractivity contribution in [2.45, 2.75) is 13.3 Å². The summed E-state index contributed by atoms with van der Waals surface area (Å²) in [7, 11) is 2.01. The average Bonchev–Trinajstić information content (AvgIpc) is 2.46. The molecule has 98 valence electrons. The number of Topliss-reactive ketones (excluding diaryl/α,β-unsaturated/α-hetero) is 1. The standard InChI is InChI=1S/C16H18N2O/c1-13(19)15-8-9-16(17-12-15)18(2)11-10-14-6-4-3-5-7-14/h3-9,12H,10-11H2,1-2H3. The van der Waals surface area contributed by atoms with Crippen LogP contribution < -0.4 is 4.90 Å². The summed E-state index contributed by atoms with van der Waals surface area (Å²) in [5.41, 5.74) is 1.97. The van der Waals surface area contributed by atoms with Crippen LogP contribution in [0.4, 0.5) is 5.82 Å². The lowest BCUT2D eigenvalue weighted by Crippen LogP contribution is -2.21. The van der Waals surface area contributed by atoms with E-state index in [1.807, 2.05) is 25.2 Å². The van der Waals surface area contributed by atoms with Crippen LogP contribution in [0.1, 0.15) is 22.8 Å². The number of carbonyl (C=O) groups is 1. The molecule has 1 aromatic heterocycles. The monoisotopic (exact) mass is 254 g/mol. The van der Waals surface area contributed by atoms with Gasteiger partial charge < -0.3 is 4.90 Å². The molecule has 3 nitrogen and oxygen atoms in total. The Bertz CT molecular complexity index is 534. The largest absolute Gasteiger partial charge is 0.359 e. The van der Waals surface area contributed by atoms with Crippen molar-refractivity contribution < 1.29 is 4.79 Å². The zero-order valence-corrected chi connectivity index (χ0v) is 11.3. The van der Waals surface area contributed by atoms with Crippen molar-refractivity contribution in [2.24, 2.45) is 0 Å². The third kappa shape index (κ3) is 3.65. The summed E-state index contributed by atoms with van der Waals surface area (Å²) in [6.07, 6.45) is 2.62. The van der Waals surface area contributed by atoms with E-state index in [0.717, 1.165) is 18.8 Å². The first-order chi connectivity index (χ1) is 9.16. The summed E-state index contributed by atoms with van der Waals surface area (Å²) < 4.78 is 0. The second-order valence-electron chi connectivity index (χ2n) is 4.62. The molecule has 0 aliphatic heterocycles. The molecule has 0 unspecified atom stereocenters. The molecule has 1 aromatic carbocycles. The molecule has 0 N–H and O–H groups in total. The van der Waals surface area contributed by atoms with E-state index in [1.165, 1.54) is 5.56 Å². The Hall–Kier alpha value is -2.16. The van der Waals surface area contributed by atoms with E-state index in [4.69, 9.17) is 0 Å². The summed E-state index contributed by atoms with van der Waals surface area (Å²) in [5, 5.41) is 0. The lowest BCUT2D eigenvalue weighted by molar-refractivity contribution is 0.101. The fourth-order valence-electron chi connectivity index (χ4n) is 1.88. The zero-order valence-electron chi connectivity index (χ0n) is 11.3. The molecule has 2 aromatic rings. The number of likely N-dealkylation sites (N-methyl/N-ethyl adjacent to an activating group) is 1. The summed E-state index contributed by atoms with van der Waals surface area (Å²) in [4.78, 5) is 17.6. The molecule has 0 bridgehead atoms. The maximum absolute atomic E-state index is 11.2. The number of hydrogen-bond acceptors (Lipinski definition) is 3. The molecule has 0 radical (unpaired) electrons. The van der Waals surface area contributed by atoms with E-state index in [1.54, 1.807) is 13.1 Å². The highest BCUT2D eigenvalue weighted by Gasteiger charge is 2.04. The molecule has 0 saturated heterocycles. The van der Waals surface area contributed by atoms with Gasteiger partial charge in [-0.05, 0) is 31.0 Å². The minimum Gasteiger partial charge on any atom is -0.359 e. The van der Waals surface area contributed by atoms with Gasteiger partial charge in [0.05, 0.1) is 0 Å². The highest BCUT2D eigenvalue weighted by atomic mass is 16.1. The molecule has 0 fully saturated rings. The Balaban J connectivity index is 1.96. The Morgan fingerprint density at radius 1 is 1.16 bits per heavy atom. The SMILES string of the molecule is CC(=O)c1ccc(N(C)CCc2ccccc2)nc1. The smallest absolute Gasteiger partial charge is 0.161 e. The Morgan fingerprint density at radius 2 is 1.89 bits per heavy atom.